The van der Waals surface area contributed by atoms with Crippen molar-refractivity contribution in [3.05, 3.63) is 52.5 Å². The fourth-order valence-electron chi connectivity index (χ4n) is 1.78. The summed E-state index contributed by atoms with van der Waals surface area (Å²) in [4.78, 5) is 13.0. The van der Waals surface area contributed by atoms with E-state index in [1.807, 2.05) is 18.2 Å². The third kappa shape index (κ3) is 4.83. The Kier molecular flexibility index (Phi) is 6.00. The number of thioether (sulfide) groups is 1. The lowest BCUT2D eigenvalue weighted by molar-refractivity contribution is 0.262. The minimum atomic E-state index is -0.324. The number of urea groups is 1. The molecule has 0 saturated heterocycles. The van der Waals surface area contributed by atoms with Crippen LogP contribution in [0.15, 0.2) is 47.4 Å². The molecule has 2 amide bonds. The van der Waals surface area contributed by atoms with Crippen LogP contribution >= 0.6 is 35.0 Å². The van der Waals surface area contributed by atoms with Crippen LogP contribution in [0.3, 0.4) is 0 Å². The molecule has 0 aromatic heterocycles. The van der Waals surface area contributed by atoms with Gasteiger partial charge in [0.15, 0.2) is 0 Å². The lowest BCUT2D eigenvalue weighted by Crippen LogP contribution is -2.19. The summed E-state index contributed by atoms with van der Waals surface area (Å²) < 4.78 is 0. The van der Waals surface area contributed by atoms with E-state index < -0.39 is 0 Å². The number of hydrogen-bond acceptors (Lipinski definition) is 2. The van der Waals surface area contributed by atoms with Crippen molar-refractivity contribution in [2.24, 2.45) is 0 Å². The summed E-state index contributed by atoms with van der Waals surface area (Å²) in [7, 11) is 0. The van der Waals surface area contributed by atoms with Gasteiger partial charge in [0.1, 0.15) is 0 Å². The Balaban J connectivity index is 2.11. The van der Waals surface area contributed by atoms with E-state index in [0.29, 0.717) is 26.7 Å². The molecule has 0 fully saturated rings. The number of anilines is 2. The van der Waals surface area contributed by atoms with Crippen molar-refractivity contribution in [2.75, 3.05) is 10.6 Å². The van der Waals surface area contributed by atoms with Crippen molar-refractivity contribution in [2.45, 2.75) is 24.0 Å². The number of amides is 2. The van der Waals surface area contributed by atoms with Crippen LogP contribution in [-0.4, -0.2) is 11.3 Å². The normalized spacial score (nSPS) is 10.6. The summed E-state index contributed by atoms with van der Waals surface area (Å²) in [6, 6.07) is 12.0. The van der Waals surface area contributed by atoms with Crippen LogP contribution < -0.4 is 10.6 Å². The van der Waals surface area contributed by atoms with Crippen molar-refractivity contribution >= 4 is 52.4 Å². The monoisotopic (exact) mass is 354 g/mol. The number of nitrogens with one attached hydrogen (secondary N) is 2. The molecule has 22 heavy (non-hydrogen) atoms. The Morgan fingerprint density at radius 2 is 1.73 bits per heavy atom. The average Bonchev–Trinajstić information content (AvgIpc) is 2.45. The van der Waals surface area contributed by atoms with Gasteiger partial charge in [-0.05, 0) is 36.4 Å². The lowest BCUT2D eigenvalue weighted by Gasteiger charge is -2.14. The maximum atomic E-state index is 12.1. The molecule has 6 heteroatoms. The van der Waals surface area contributed by atoms with Gasteiger partial charge >= 0.3 is 6.03 Å². The maximum Gasteiger partial charge on any atom is 0.323 e. The second-order valence-corrected chi connectivity index (χ2v) is 7.30. The minimum absolute atomic E-state index is 0.324. The molecular weight excluding hydrogens is 339 g/mol. The van der Waals surface area contributed by atoms with Gasteiger partial charge in [0.2, 0.25) is 0 Å². The summed E-state index contributed by atoms with van der Waals surface area (Å²) in [5.41, 5.74) is 1.36. The zero-order valence-corrected chi connectivity index (χ0v) is 14.5. The molecule has 3 nitrogen and oxygen atoms in total. The summed E-state index contributed by atoms with van der Waals surface area (Å²) in [5, 5.41) is 7.20. The maximum absolute atomic E-state index is 12.1. The number of halogens is 2. The molecule has 0 aliphatic rings. The quantitative estimate of drug-likeness (QED) is 0.647. The summed E-state index contributed by atoms with van der Waals surface area (Å²) >= 11 is 13.7. The average molecular weight is 355 g/mol. The highest BCUT2D eigenvalue weighted by Crippen LogP contribution is 2.36. The molecule has 0 aliphatic heterocycles. The fourth-order valence-corrected chi connectivity index (χ4v) is 3.11. The first-order valence-electron chi connectivity index (χ1n) is 6.74. The Morgan fingerprint density at radius 3 is 2.36 bits per heavy atom. The molecular formula is C16H16Cl2N2OS. The zero-order chi connectivity index (χ0) is 16.1. The Hall–Kier alpha value is -1.36. The first kappa shape index (κ1) is 17.0. The Bertz CT molecular complexity index is 660. The van der Waals surface area contributed by atoms with Crippen molar-refractivity contribution in [1.29, 1.82) is 0 Å². The second-order valence-electron chi connectivity index (χ2n) is 4.87. The molecule has 2 N–H and O–H groups in total. The molecule has 2 rings (SSSR count). The van der Waals surface area contributed by atoms with Gasteiger partial charge in [0, 0.05) is 20.9 Å². The number of benzene rings is 2. The van der Waals surface area contributed by atoms with Crippen LogP contribution in [0.2, 0.25) is 10.0 Å². The van der Waals surface area contributed by atoms with Crippen LogP contribution in [0, 0.1) is 0 Å². The highest BCUT2D eigenvalue weighted by molar-refractivity contribution is 8.00. The van der Waals surface area contributed by atoms with Gasteiger partial charge in [-0.15, -0.1) is 11.8 Å². The van der Waals surface area contributed by atoms with E-state index in [2.05, 4.69) is 24.5 Å². The molecule has 116 valence electrons. The SMILES string of the molecule is CC(C)Sc1c(Cl)cccc1NC(=O)Nc1ccc(Cl)cc1. The second kappa shape index (κ2) is 7.77. The molecule has 0 unspecified atom stereocenters. The lowest BCUT2D eigenvalue weighted by atomic mass is 10.3. The standard InChI is InChI=1S/C16H16Cl2N2OS/c1-10(2)22-15-13(18)4-3-5-14(15)20-16(21)19-12-8-6-11(17)7-9-12/h3-10H,1-2H3,(H2,19,20,21). The molecule has 0 spiro atoms. The number of carbonyl (C=O) groups excluding carboxylic acids is 1. The zero-order valence-electron chi connectivity index (χ0n) is 12.2. The van der Waals surface area contributed by atoms with E-state index in [1.54, 1.807) is 36.0 Å². The van der Waals surface area contributed by atoms with E-state index in [4.69, 9.17) is 23.2 Å². The fraction of sp³-hybridized carbons (Fsp3) is 0.188. The molecule has 0 heterocycles. The van der Waals surface area contributed by atoms with Gasteiger partial charge in [-0.1, -0.05) is 43.1 Å². The predicted octanol–water partition coefficient (Wildman–Crippen LogP) is 6.14. The smallest absolute Gasteiger partial charge is 0.308 e. The first-order valence-corrected chi connectivity index (χ1v) is 8.38. The van der Waals surface area contributed by atoms with Gasteiger partial charge in [0.05, 0.1) is 10.7 Å². The van der Waals surface area contributed by atoms with E-state index >= 15 is 0 Å². The molecule has 2 aromatic carbocycles. The molecule has 0 saturated carbocycles. The predicted molar refractivity (Wildman–Crippen MR) is 96.5 cm³/mol. The number of hydrogen-bond donors (Lipinski definition) is 2. The molecule has 2 aromatic rings. The van der Waals surface area contributed by atoms with Gasteiger partial charge in [0.25, 0.3) is 0 Å². The molecule has 0 radical (unpaired) electrons. The van der Waals surface area contributed by atoms with E-state index in [9.17, 15) is 4.79 Å². The van der Waals surface area contributed by atoms with Crippen molar-refractivity contribution in [1.82, 2.24) is 0 Å². The highest BCUT2D eigenvalue weighted by atomic mass is 35.5. The van der Waals surface area contributed by atoms with Crippen LogP contribution in [0.5, 0.6) is 0 Å². The number of rotatable bonds is 4. The van der Waals surface area contributed by atoms with E-state index in [-0.39, 0.29) is 6.03 Å². The Morgan fingerprint density at radius 1 is 1.05 bits per heavy atom. The van der Waals surface area contributed by atoms with Gasteiger partial charge in [-0.25, -0.2) is 4.79 Å². The third-order valence-electron chi connectivity index (χ3n) is 2.67. The van der Waals surface area contributed by atoms with Crippen molar-refractivity contribution in [3.8, 4) is 0 Å². The van der Waals surface area contributed by atoms with Gasteiger partial charge in [-0.2, -0.15) is 0 Å². The van der Waals surface area contributed by atoms with Crippen LogP contribution in [0.4, 0.5) is 16.2 Å². The van der Waals surface area contributed by atoms with Crippen molar-refractivity contribution in [3.63, 3.8) is 0 Å². The van der Waals surface area contributed by atoms with Crippen molar-refractivity contribution < 1.29 is 4.79 Å². The Labute approximate surface area is 144 Å². The van der Waals surface area contributed by atoms with Gasteiger partial charge in [-0.3, -0.25) is 0 Å². The molecule has 0 bridgehead atoms. The third-order valence-corrected chi connectivity index (χ3v) is 4.50. The largest absolute Gasteiger partial charge is 0.323 e. The van der Waals surface area contributed by atoms with Crippen LogP contribution in [0.25, 0.3) is 0 Å². The number of carbonyl (C=O) groups is 1. The van der Waals surface area contributed by atoms with Crippen LogP contribution in [0.1, 0.15) is 13.8 Å². The van der Waals surface area contributed by atoms with Crippen LogP contribution in [-0.2, 0) is 0 Å². The minimum Gasteiger partial charge on any atom is -0.308 e. The summed E-state index contributed by atoms with van der Waals surface area (Å²) in [6.07, 6.45) is 0. The first-order chi connectivity index (χ1) is 10.5. The topological polar surface area (TPSA) is 41.1 Å². The summed E-state index contributed by atoms with van der Waals surface area (Å²) in [6.45, 7) is 4.15. The van der Waals surface area contributed by atoms with E-state index in [0.717, 1.165) is 4.90 Å². The van der Waals surface area contributed by atoms with Gasteiger partial charge < -0.3 is 10.6 Å². The summed E-state index contributed by atoms with van der Waals surface area (Å²) in [5.74, 6) is 0. The van der Waals surface area contributed by atoms with E-state index in [1.165, 1.54) is 0 Å². The molecule has 0 aliphatic carbocycles. The molecule has 0 atom stereocenters. The highest BCUT2D eigenvalue weighted by Gasteiger charge is 2.12.